The molecule has 1 heterocycles. The first kappa shape index (κ1) is 15.6. The van der Waals surface area contributed by atoms with Gasteiger partial charge in [0.2, 0.25) is 0 Å². The second kappa shape index (κ2) is 6.80. The minimum absolute atomic E-state index is 0.0464. The highest BCUT2D eigenvalue weighted by Gasteiger charge is 2.23. The first-order valence-electron chi connectivity index (χ1n) is 5.94. The summed E-state index contributed by atoms with van der Waals surface area (Å²) in [6.45, 7) is 0. The lowest BCUT2D eigenvalue weighted by Crippen LogP contribution is -2.18. The van der Waals surface area contributed by atoms with Crippen LogP contribution in [-0.2, 0) is 0 Å². The zero-order valence-corrected chi connectivity index (χ0v) is 14.5. The molecule has 0 saturated heterocycles. The van der Waals surface area contributed by atoms with Gasteiger partial charge in [-0.05, 0) is 46.6 Å². The number of halogens is 2. The average Bonchev–Trinajstić information content (AvgIpc) is 2.87. The molecule has 2 aromatic rings. The van der Waals surface area contributed by atoms with E-state index in [4.69, 9.17) is 21.1 Å². The van der Waals surface area contributed by atoms with Crippen molar-refractivity contribution in [1.82, 2.24) is 5.32 Å². The van der Waals surface area contributed by atoms with E-state index in [1.54, 1.807) is 25.6 Å². The second-order valence-electron chi connectivity index (χ2n) is 4.09. The molecule has 0 aliphatic heterocycles. The molecule has 6 heteroatoms. The third-order valence-corrected chi connectivity index (χ3v) is 4.75. The van der Waals surface area contributed by atoms with Gasteiger partial charge in [-0.1, -0.05) is 11.6 Å². The van der Waals surface area contributed by atoms with Gasteiger partial charge in [-0.25, -0.2) is 0 Å². The van der Waals surface area contributed by atoms with Crippen molar-refractivity contribution in [3.63, 3.8) is 0 Å². The van der Waals surface area contributed by atoms with Crippen molar-refractivity contribution in [1.29, 1.82) is 0 Å². The van der Waals surface area contributed by atoms with Gasteiger partial charge in [0, 0.05) is 10.6 Å². The third kappa shape index (κ3) is 2.96. The van der Waals surface area contributed by atoms with Crippen LogP contribution >= 0.6 is 38.9 Å². The predicted molar refractivity (Wildman–Crippen MR) is 87.5 cm³/mol. The highest BCUT2D eigenvalue weighted by atomic mass is 79.9. The van der Waals surface area contributed by atoms with Crippen molar-refractivity contribution in [2.75, 3.05) is 21.3 Å². The summed E-state index contributed by atoms with van der Waals surface area (Å²) in [6, 6.07) is 5.64. The average molecular weight is 377 g/mol. The summed E-state index contributed by atoms with van der Waals surface area (Å²) < 4.78 is 11.7. The van der Waals surface area contributed by atoms with Crippen molar-refractivity contribution in [3.05, 3.63) is 43.5 Å². The van der Waals surface area contributed by atoms with Gasteiger partial charge >= 0.3 is 0 Å². The van der Waals surface area contributed by atoms with E-state index in [9.17, 15) is 0 Å². The number of hydrogen-bond acceptors (Lipinski definition) is 4. The monoisotopic (exact) mass is 375 g/mol. The molecule has 1 aromatic heterocycles. The van der Waals surface area contributed by atoms with Crippen molar-refractivity contribution in [3.8, 4) is 11.5 Å². The molecule has 108 valence electrons. The highest BCUT2D eigenvalue weighted by Crippen LogP contribution is 2.42. The molecule has 0 bridgehead atoms. The van der Waals surface area contributed by atoms with E-state index < -0.39 is 0 Å². The smallest absolute Gasteiger partial charge is 0.138 e. The molecule has 0 aliphatic rings. The summed E-state index contributed by atoms with van der Waals surface area (Å²) in [4.78, 5) is 1.09. The molecular weight excluding hydrogens is 362 g/mol. The van der Waals surface area contributed by atoms with Gasteiger partial charge in [0.15, 0.2) is 0 Å². The number of hydrogen-bond donors (Lipinski definition) is 1. The van der Waals surface area contributed by atoms with Crippen LogP contribution in [0.2, 0.25) is 5.02 Å². The zero-order valence-electron chi connectivity index (χ0n) is 11.4. The Kier molecular flexibility index (Phi) is 5.32. The Labute approximate surface area is 136 Å². The number of methoxy groups -OCH3 is 2. The van der Waals surface area contributed by atoms with Crippen LogP contribution in [0.5, 0.6) is 11.5 Å². The van der Waals surface area contributed by atoms with Crippen LogP contribution in [0.25, 0.3) is 0 Å². The molecule has 20 heavy (non-hydrogen) atoms. The first-order chi connectivity index (χ1) is 9.62. The van der Waals surface area contributed by atoms with Gasteiger partial charge in [-0.3, -0.25) is 0 Å². The molecule has 3 nitrogen and oxygen atoms in total. The lowest BCUT2D eigenvalue weighted by molar-refractivity contribution is 0.396. The molecule has 1 atom stereocenters. The van der Waals surface area contributed by atoms with Gasteiger partial charge in [-0.15, -0.1) is 11.3 Å². The van der Waals surface area contributed by atoms with E-state index in [-0.39, 0.29) is 6.04 Å². The number of nitrogens with one attached hydrogen (secondary N) is 1. The van der Waals surface area contributed by atoms with Crippen LogP contribution in [0.15, 0.2) is 28.1 Å². The third-order valence-electron chi connectivity index (χ3n) is 2.98. The quantitative estimate of drug-likeness (QED) is 0.834. The van der Waals surface area contributed by atoms with Crippen LogP contribution in [-0.4, -0.2) is 21.3 Å². The van der Waals surface area contributed by atoms with Crippen molar-refractivity contribution in [2.45, 2.75) is 6.04 Å². The summed E-state index contributed by atoms with van der Waals surface area (Å²) >= 11 is 11.3. The Morgan fingerprint density at radius 2 is 2.05 bits per heavy atom. The number of benzene rings is 1. The fourth-order valence-electron chi connectivity index (χ4n) is 2.13. The van der Waals surface area contributed by atoms with E-state index in [0.717, 1.165) is 26.4 Å². The van der Waals surface area contributed by atoms with Crippen LogP contribution < -0.4 is 14.8 Å². The van der Waals surface area contributed by atoms with Crippen LogP contribution in [0.1, 0.15) is 16.5 Å². The molecule has 0 spiro atoms. The number of ether oxygens (including phenoxy) is 2. The van der Waals surface area contributed by atoms with Gasteiger partial charge in [0.05, 0.1) is 29.6 Å². The lowest BCUT2D eigenvalue weighted by atomic mass is 10.0. The molecule has 1 unspecified atom stereocenters. The van der Waals surface area contributed by atoms with E-state index in [2.05, 4.69) is 21.2 Å². The molecule has 0 aliphatic carbocycles. The largest absolute Gasteiger partial charge is 0.496 e. The lowest BCUT2D eigenvalue weighted by Gasteiger charge is -2.20. The Morgan fingerprint density at radius 3 is 2.65 bits per heavy atom. The maximum Gasteiger partial charge on any atom is 0.138 e. The summed E-state index contributed by atoms with van der Waals surface area (Å²) in [5, 5.41) is 5.96. The fraction of sp³-hybridized carbons (Fsp3) is 0.286. The molecule has 0 amide bonds. The summed E-state index contributed by atoms with van der Waals surface area (Å²) in [7, 11) is 5.22. The summed E-state index contributed by atoms with van der Waals surface area (Å²) in [5.41, 5.74) is 0.968. The highest BCUT2D eigenvalue weighted by molar-refractivity contribution is 9.10. The molecule has 2 rings (SSSR count). The van der Waals surface area contributed by atoms with Crippen molar-refractivity contribution in [2.24, 2.45) is 0 Å². The number of rotatable bonds is 5. The van der Waals surface area contributed by atoms with E-state index in [1.165, 1.54) is 0 Å². The minimum Gasteiger partial charge on any atom is -0.496 e. The number of thiophene rings is 1. The van der Waals surface area contributed by atoms with Gasteiger partial charge in [0.25, 0.3) is 0 Å². The minimum atomic E-state index is -0.0464. The van der Waals surface area contributed by atoms with Crippen LogP contribution in [0, 0.1) is 0 Å². The van der Waals surface area contributed by atoms with E-state index in [0.29, 0.717) is 5.02 Å². The maximum atomic E-state index is 6.17. The normalized spacial score (nSPS) is 12.2. The zero-order chi connectivity index (χ0) is 14.7. The molecule has 0 fully saturated rings. The SMILES string of the molecule is CNC(c1cc(Cl)cc(Br)c1OC)c1sccc1OC. The fourth-order valence-corrected chi connectivity index (χ4v) is 4.11. The first-order valence-corrected chi connectivity index (χ1v) is 7.99. The Balaban J connectivity index is 2.57. The van der Waals surface area contributed by atoms with E-state index >= 15 is 0 Å². The Bertz CT molecular complexity index is 603. The summed E-state index contributed by atoms with van der Waals surface area (Å²) in [6.07, 6.45) is 0. The molecule has 1 N–H and O–H groups in total. The molecule has 0 radical (unpaired) electrons. The summed E-state index contributed by atoms with van der Waals surface area (Å²) in [5.74, 6) is 1.62. The molecular formula is C14H15BrClNO2S. The van der Waals surface area contributed by atoms with Crippen molar-refractivity contribution >= 4 is 38.9 Å². The maximum absolute atomic E-state index is 6.17. The standard InChI is InChI=1S/C14H15BrClNO2S/c1-17-12(14-11(18-2)4-5-20-14)9-6-8(16)7-10(15)13(9)19-3/h4-7,12,17H,1-3H3. The van der Waals surface area contributed by atoms with Crippen LogP contribution in [0.4, 0.5) is 0 Å². The van der Waals surface area contributed by atoms with Gasteiger partial charge in [0.1, 0.15) is 11.5 Å². The van der Waals surface area contributed by atoms with E-state index in [1.807, 2.05) is 30.6 Å². The Hall–Kier alpha value is -0.750. The molecule has 0 saturated carbocycles. The van der Waals surface area contributed by atoms with Gasteiger partial charge in [-0.2, -0.15) is 0 Å². The Morgan fingerprint density at radius 1 is 1.30 bits per heavy atom. The topological polar surface area (TPSA) is 30.5 Å². The van der Waals surface area contributed by atoms with Crippen LogP contribution in [0.3, 0.4) is 0 Å². The molecule has 1 aromatic carbocycles. The predicted octanol–water partition coefficient (Wildman–Crippen LogP) is 4.49. The van der Waals surface area contributed by atoms with Crippen molar-refractivity contribution < 1.29 is 9.47 Å². The second-order valence-corrected chi connectivity index (χ2v) is 6.32. The van der Waals surface area contributed by atoms with Gasteiger partial charge < -0.3 is 14.8 Å².